The van der Waals surface area contributed by atoms with Gasteiger partial charge in [-0.25, -0.2) is 0 Å². The molecular formula is C75H145N2O7P. The molecule has 0 bridgehead atoms. The van der Waals surface area contributed by atoms with Gasteiger partial charge in [-0.3, -0.25) is 14.2 Å². The molecular weight excluding hydrogens is 1070 g/mol. The van der Waals surface area contributed by atoms with E-state index in [0.29, 0.717) is 17.4 Å². The molecule has 3 unspecified atom stereocenters. The Morgan fingerprint density at radius 3 is 1.08 bits per heavy atom. The normalized spacial score (nSPS) is 13.6. The largest absolute Gasteiger partial charge is 0.756 e. The fourth-order valence-corrected chi connectivity index (χ4v) is 12.0. The van der Waals surface area contributed by atoms with Gasteiger partial charge in [0.15, 0.2) is 0 Å². The number of esters is 1. The van der Waals surface area contributed by atoms with E-state index in [1.807, 2.05) is 33.3 Å². The van der Waals surface area contributed by atoms with Crippen LogP contribution in [0.25, 0.3) is 0 Å². The number of phosphoric acid groups is 1. The van der Waals surface area contributed by atoms with Crippen LogP contribution in [0.5, 0.6) is 0 Å². The van der Waals surface area contributed by atoms with Gasteiger partial charge in [0.05, 0.1) is 33.8 Å². The summed E-state index contributed by atoms with van der Waals surface area (Å²) in [4.78, 5) is 40.3. The van der Waals surface area contributed by atoms with E-state index in [1.165, 1.54) is 283 Å². The van der Waals surface area contributed by atoms with Gasteiger partial charge in [-0.15, -0.1) is 0 Å². The Kier molecular flexibility index (Phi) is 63.8. The number of rotatable bonds is 69. The first kappa shape index (κ1) is 83.2. The van der Waals surface area contributed by atoms with Crippen LogP contribution in [0.15, 0.2) is 36.5 Å². The van der Waals surface area contributed by atoms with Crippen molar-refractivity contribution < 1.29 is 37.3 Å². The second-order valence-electron chi connectivity index (χ2n) is 26.8. The molecule has 1 amide bonds. The van der Waals surface area contributed by atoms with Crippen molar-refractivity contribution in [3.63, 3.8) is 0 Å². The van der Waals surface area contributed by atoms with Crippen LogP contribution in [0, 0.1) is 0 Å². The highest BCUT2D eigenvalue weighted by Gasteiger charge is 2.27. The Morgan fingerprint density at radius 1 is 0.412 bits per heavy atom. The number of quaternary nitrogens is 1. The predicted molar refractivity (Wildman–Crippen MR) is 367 cm³/mol. The molecule has 10 heteroatoms. The number of allylic oxidation sites excluding steroid dienone is 5. The van der Waals surface area contributed by atoms with Crippen LogP contribution >= 0.6 is 7.82 Å². The van der Waals surface area contributed by atoms with Gasteiger partial charge in [-0.05, 0) is 63.9 Å². The number of likely N-dealkylation sites (N-methyl/N-ethyl adjacent to an activating group) is 1. The molecule has 0 aromatic heterocycles. The third kappa shape index (κ3) is 66.5. The van der Waals surface area contributed by atoms with Gasteiger partial charge in [0.25, 0.3) is 7.82 Å². The quantitative estimate of drug-likeness (QED) is 0.0212. The van der Waals surface area contributed by atoms with E-state index in [2.05, 4.69) is 50.4 Å². The number of hydrogen-bond acceptors (Lipinski definition) is 7. The number of ether oxygens (including phenoxy) is 1. The number of phosphoric ester groups is 1. The zero-order chi connectivity index (χ0) is 62.1. The summed E-state index contributed by atoms with van der Waals surface area (Å²) >= 11 is 0. The highest BCUT2D eigenvalue weighted by Crippen LogP contribution is 2.38. The summed E-state index contributed by atoms with van der Waals surface area (Å²) < 4.78 is 30.5. The van der Waals surface area contributed by atoms with Gasteiger partial charge < -0.3 is 28.5 Å². The standard InChI is InChI=1S/C75H145N2O7P/c1-7-10-13-16-19-22-25-28-30-32-34-36-37-38-39-41-42-44-46-49-52-55-58-61-64-67-74(78)76-72(71-83-85(80,81)82-70-69-77(4,5)6)73(66-63-60-57-54-51-48-27-24-21-18-15-12-9-3)84-75(79)68-65-62-59-56-53-50-47-45-43-40-35-33-31-29-26-23-20-17-14-11-8-2/h20,23,29,31,63,66,72-73H,7-19,21-22,24-28,30,32-62,64-65,67-71H2,1-6H3,(H-,76,78,80,81)/b23-20-,31-29-,66-63+. The Balaban J connectivity index is 5.02. The molecule has 0 radical (unpaired) electrons. The predicted octanol–water partition coefficient (Wildman–Crippen LogP) is 23.2. The second kappa shape index (κ2) is 65.2. The van der Waals surface area contributed by atoms with Gasteiger partial charge in [-0.1, -0.05) is 340 Å². The van der Waals surface area contributed by atoms with E-state index < -0.39 is 20.0 Å². The number of carbonyl (C=O) groups excluding carboxylic acids is 2. The highest BCUT2D eigenvalue weighted by atomic mass is 31.2. The van der Waals surface area contributed by atoms with Crippen molar-refractivity contribution in [2.75, 3.05) is 40.9 Å². The minimum absolute atomic E-state index is 0.0194. The van der Waals surface area contributed by atoms with Crippen LogP contribution in [0.4, 0.5) is 0 Å². The zero-order valence-electron chi connectivity index (χ0n) is 57.6. The van der Waals surface area contributed by atoms with E-state index in [0.717, 1.165) is 64.2 Å². The summed E-state index contributed by atoms with van der Waals surface area (Å²) in [7, 11) is 1.20. The number of unbranched alkanes of at least 4 members (excludes halogenated alkanes) is 49. The minimum atomic E-state index is -4.70. The lowest BCUT2D eigenvalue weighted by Gasteiger charge is -2.30. The number of nitrogens with zero attached hydrogens (tertiary/aromatic N) is 1. The van der Waals surface area contributed by atoms with Crippen molar-refractivity contribution in [3.05, 3.63) is 36.5 Å². The van der Waals surface area contributed by atoms with Crippen molar-refractivity contribution in [3.8, 4) is 0 Å². The lowest BCUT2D eigenvalue weighted by Crippen LogP contribution is -2.47. The smallest absolute Gasteiger partial charge is 0.306 e. The maximum Gasteiger partial charge on any atom is 0.306 e. The molecule has 0 spiro atoms. The zero-order valence-corrected chi connectivity index (χ0v) is 58.5. The molecule has 9 nitrogen and oxygen atoms in total. The molecule has 0 heterocycles. The first-order valence-electron chi connectivity index (χ1n) is 37.3. The molecule has 85 heavy (non-hydrogen) atoms. The van der Waals surface area contributed by atoms with Crippen LogP contribution in [0.2, 0.25) is 0 Å². The molecule has 0 aromatic carbocycles. The average Bonchev–Trinajstić information content (AvgIpc) is 3.48. The van der Waals surface area contributed by atoms with Crippen LogP contribution in [-0.2, 0) is 27.9 Å². The SMILES string of the molecule is CCCCC/C=C\C/C=C\CCCCCCCCCCCCCC(=O)OC(/C=C/CCCCCCCCCCCCC)C(COP(=O)([O-])OCC[N+](C)(C)C)NC(=O)CCCCCCCCCCCCCCCCCCCCCCCCCCC. The molecule has 0 rings (SSSR count). The Bertz CT molecular complexity index is 1550. The summed E-state index contributed by atoms with van der Waals surface area (Å²) in [5.41, 5.74) is 0. The lowest BCUT2D eigenvalue weighted by molar-refractivity contribution is -0.870. The first-order valence-corrected chi connectivity index (χ1v) is 38.8. The highest BCUT2D eigenvalue weighted by molar-refractivity contribution is 7.45. The van der Waals surface area contributed by atoms with Crippen LogP contribution in [0.1, 0.15) is 380 Å². The molecule has 0 saturated heterocycles. The lowest BCUT2D eigenvalue weighted by atomic mass is 10.0. The average molecular weight is 1220 g/mol. The van der Waals surface area contributed by atoms with Crippen molar-refractivity contribution >= 4 is 19.7 Å². The fraction of sp³-hybridized carbons (Fsp3) is 0.893. The summed E-state index contributed by atoms with van der Waals surface area (Å²) in [6.07, 6.45) is 81.3. The maximum atomic E-state index is 13.6. The number of hydrogen-bond donors (Lipinski definition) is 1. The summed E-state index contributed by atoms with van der Waals surface area (Å²) in [6, 6.07) is -0.886. The maximum absolute atomic E-state index is 13.6. The van der Waals surface area contributed by atoms with E-state index in [9.17, 15) is 19.0 Å². The molecule has 0 aromatic rings. The minimum Gasteiger partial charge on any atom is -0.756 e. The molecule has 502 valence electrons. The monoisotopic (exact) mass is 1220 g/mol. The Labute approximate surface area is 529 Å². The number of amides is 1. The number of nitrogens with one attached hydrogen (secondary N) is 1. The van der Waals surface area contributed by atoms with Gasteiger partial charge in [0.1, 0.15) is 19.3 Å². The molecule has 1 N–H and O–H groups in total. The van der Waals surface area contributed by atoms with Gasteiger partial charge >= 0.3 is 5.97 Å². The first-order chi connectivity index (χ1) is 41.4. The van der Waals surface area contributed by atoms with Crippen molar-refractivity contribution in [2.45, 2.75) is 392 Å². The van der Waals surface area contributed by atoms with Crippen LogP contribution < -0.4 is 10.2 Å². The Morgan fingerprint density at radius 2 is 0.718 bits per heavy atom. The second-order valence-corrected chi connectivity index (χ2v) is 28.2. The summed E-state index contributed by atoms with van der Waals surface area (Å²) in [6.45, 7) is 6.89. The Hall–Kier alpha value is -1.77. The third-order valence-electron chi connectivity index (χ3n) is 17.1. The van der Waals surface area contributed by atoms with E-state index in [1.54, 1.807) is 0 Å². The molecule has 0 saturated carbocycles. The molecule has 0 aliphatic heterocycles. The molecule has 0 aliphatic rings. The van der Waals surface area contributed by atoms with Crippen molar-refractivity contribution in [1.82, 2.24) is 5.32 Å². The van der Waals surface area contributed by atoms with Gasteiger partial charge in [0, 0.05) is 12.8 Å². The van der Waals surface area contributed by atoms with Crippen molar-refractivity contribution in [1.29, 1.82) is 0 Å². The summed E-state index contributed by atoms with van der Waals surface area (Å²) in [5.74, 6) is -0.521. The molecule has 3 atom stereocenters. The summed E-state index contributed by atoms with van der Waals surface area (Å²) in [5, 5.41) is 3.06. The van der Waals surface area contributed by atoms with Crippen LogP contribution in [0.3, 0.4) is 0 Å². The van der Waals surface area contributed by atoms with E-state index >= 15 is 0 Å². The van der Waals surface area contributed by atoms with Crippen LogP contribution in [-0.4, -0.2) is 69.4 Å². The number of carbonyl (C=O) groups is 2. The molecule has 0 fully saturated rings. The van der Waals surface area contributed by atoms with Gasteiger partial charge in [-0.2, -0.15) is 0 Å². The molecule has 0 aliphatic carbocycles. The van der Waals surface area contributed by atoms with Crippen molar-refractivity contribution in [2.24, 2.45) is 0 Å². The topological polar surface area (TPSA) is 114 Å². The van der Waals surface area contributed by atoms with E-state index in [-0.39, 0.29) is 31.5 Å². The van der Waals surface area contributed by atoms with Gasteiger partial charge in [0.2, 0.25) is 5.91 Å². The third-order valence-corrected chi connectivity index (χ3v) is 18.0. The van der Waals surface area contributed by atoms with E-state index in [4.69, 9.17) is 13.8 Å². The fourth-order valence-electron chi connectivity index (χ4n) is 11.3.